The minimum absolute atomic E-state index is 0.0971. The van der Waals surface area contributed by atoms with E-state index in [4.69, 9.17) is 28.9 Å². The number of hydrogen-bond donors (Lipinski definition) is 3. The summed E-state index contributed by atoms with van der Waals surface area (Å²) in [6.07, 6.45) is -0.852. The van der Waals surface area contributed by atoms with Gasteiger partial charge in [-0.1, -0.05) is 30.1 Å². The third kappa shape index (κ3) is 4.46. The van der Waals surface area contributed by atoms with Crippen molar-refractivity contribution in [3.63, 3.8) is 0 Å². The number of rotatable bonds is 5. The van der Waals surface area contributed by atoms with E-state index in [-0.39, 0.29) is 24.9 Å². The highest BCUT2D eigenvalue weighted by molar-refractivity contribution is 6.34. The van der Waals surface area contributed by atoms with Crippen LogP contribution in [-0.2, 0) is 4.79 Å². The molecule has 4 nitrogen and oxygen atoms in total. The molecule has 4 N–H and O–H groups in total. The standard InChI is InChI=1S/C12H16Cl2N2O2/c1-7(5-15)12(18)16-6-11(17)8-2-9(13)4-10(14)3-8/h2-4,7,11,17H,5-6,15H2,1H3,(H,16,18). The van der Waals surface area contributed by atoms with Gasteiger partial charge in [-0.2, -0.15) is 0 Å². The van der Waals surface area contributed by atoms with E-state index >= 15 is 0 Å². The summed E-state index contributed by atoms with van der Waals surface area (Å²) in [5.74, 6) is -0.468. The van der Waals surface area contributed by atoms with Crippen molar-refractivity contribution < 1.29 is 9.90 Å². The summed E-state index contributed by atoms with van der Waals surface area (Å²) in [6, 6.07) is 4.79. The fraction of sp³-hybridized carbons (Fsp3) is 0.417. The normalized spacial score (nSPS) is 14.1. The highest BCUT2D eigenvalue weighted by atomic mass is 35.5. The minimum Gasteiger partial charge on any atom is -0.387 e. The van der Waals surface area contributed by atoms with Crippen LogP contribution in [0.5, 0.6) is 0 Å². The maximum Gasteiger partial charge on any atom is 0.224 e. The van der Waals surface area contributed by atoms with E-state index in [1.54, 1.807) is 25.1 Å². The van der Waals surface area contributed by atoms with E-state index in [0.717, 1.165) is 0 Å². The molecule has 6 heteroatoms. The zero-order valence-corrected chi connectivity index (χ0v) is 11.5. The number of carbonyl (C=O) groups is 1. The first-order valence-corrected chi connectivity index (χ1v) is 6.31. The van der Waals surface area contributed by atoms with Gasteiger partial charge in [0.2, 0.25) is 5.91 Å². The number of benzene rings is 1. The molecule has 100 valence electrons. The second kappa shape index (κ2) is 6.95. The SMILES string of the molecule is CC(CN)C(=O)NCC(O)c1cc(Cl)cc(Cl)c1. The molecule has 0 radical (unpaired) electrons. The highest BCUT2D eigenvalue weighted by Crippen LogP contribution is 2.23. The third-order valence-corrected chi connectivity index (χ3v) is 2.98. The summed E-state index contributed by atoms with van der Waals surface area (Å²) in [7, 11) is 0. The monoisotopic (exact) mass is 290 g/mol. The smallest absolute Gasteiger partial charge is 0.224 e. The van der Waals surface area contributed by atoms with Gasteiger partial charge in [0.05, 0.1) is 6.10 Å². The first kappa shape index (κ1) is 15.2. The zero-order chi connectivity index (χ0) is 13.7. The molecule has 0 saturated heterocycles. The van der Waals surface area contributed by atoms with Crippen molar-refractivity contribution in [2.75, 3.05) is 13.1 Å². The van der Waals surface area contributed by atoms with Crippen LogP contribution >= 0.6 is 23.2 Å². The van der Waals surface area contributed by atoms with E-state index < -0.39 is 6.10 Å². The van der Waals surface area contributed by atoms with Gasteiger partial charge in [0.1, 0.15) is 0 Å². The van der Waals surface area contributed by atoms with Gasteiger partial charge < -0.3 is 16.2 Å². The number of carbonyl (C=O) groups excluding carboxylic acids is 1. The number of halogens is 2. The predicted molar refractivity (Wildman–Crippen MR) is 72.6 cm³/mol. The summed E-state index contributed by atoms with van der Waals surface area (Å²) in [6.45, 7) is 2.09. The summed E-state index contributed by atoms with van der Waals surface area (Å²) in [5.41, 5.74) is 5.94. The van der Waals surface area contributed by atoms with Crippen LogP contribution in [-0.4, -0.2) is 24.1 Å². The molecule has 0 bridgehead atoms. The molecule has 1 rings (SSSR count). The molecule has 1 aromatic rings. The van der Waals surface area contributed by atoms with E-state index in [0.29, 0.717) is 15.6 Å². The number of amides is 1. The van der Waals surface area contributed by atoms with Crippen molar-refractivity contribution >= 4 is 29.1 Å². The van der Waals surface area contributed by atoms with Crippen LogP contribution in [0, 0.1) is 5.92 Å². The average Bonchev–Trinajstić information content (AvgIpc) is 2.33. The van der Waals surface area contributed by atoms with Crippen molar-refractivity contribution in [2.45, 2.75) is 13.0 Å². The molecule has 0 spiro atoms. The van der Waals surface area contributed by atoms with Crippen LogP contribution in [0.1, 0.15) is 18.6 Å². The molecule has 0 aromatic heterocycles. The molecule has 0 fully saturated rings. The number of aliphatic hydroxyl groups excluding tert-OH is 1. The Hall–Kier alpha value is -0.810. The number of nitrogens with one attached hydrogen (secondary N) is 1. The molecule has 0 saturated carbocycles. The first-order chi connectivity index (χ1) is 8.43. The van der Waals surface area contributed by atoms with Gasteiger partial charge in [-0.15, -0.1) is 0 Å². The fourth-order valence-corrected chi connectivity index (χ4v) is 1.91. The van der Waals surface area contributed by atoms with E-state index in [9.17, 15) is 9.90 Å². The lowest BCUT2D eigenvalue weighted by molar-refractivity contribution is -0.124. The van der Waals surface area contributed by atoms with Crippen molar-refractivity contribution in [2.24, 2.45) is 11.7 Å². The van der Waals surface area contributed by atoms with Crippen molar-refractivity contribution in [3.8, 4) is 0 Å². The van der Waals surface area contributed by atoms with Crippen LogP contribution < -0.4 is 11.1 Å². The largest absolute Gasteiger partial charge is 0.387 e. The van der Waals surface area contributed by atoms with Gasteiger partial charge in [-0.25, -0.2) is 0 Å². The molecule has 0 aliphatic carbocycles. The molecule has 0 aliphatic heterocycles. The minimum atomic E-state index is -0.852. The van der Waals surface area contributed by atoms with Crippen LogP contribution in [0.25, 0.3) is 0 Å². The zero-order valence-electron chi connectivity index (χ0n) is 9.99. The lowest BCUT2D eigenvalue weighted by Crippen LogP contribution is -2.35. The first-order valence-electron chi connectivity index (χ1n) is 5.56. The molecular weight excluding hydrogens is 275 g/mol. The Morgan fingerprint density at radius 1 is 1.39 bits per heavy atom. The Balaban J connectivity index is 2.60. The molecule has 2 atom stereocenters. The average molecular weight is 291 g/mol. The van der Waals surface area contributed by atoms with Crippen molar-refractivity contribution in [3.05, 3.63) is 33.8 Å². The van der Waals surface area contributed by atoms with Gasteiger partial charge in [0, 0.05) is 29.1 Å². The molecule has 1 aromatic carbocycles. The van der Waals surface area contributed by atoms with Crippen LogP contribution in [0.4, 0.5) is 0 Å². The van der Waals surface area contributed by atoms with Crippen molar-refractivity contribution in [1.82, 2.24) is 5.32 Å². The van der Waals surface area contributed by atoms with Gasteiger partial charge >= 0.3 is 0 Å². The van der Waals surface area contributed by atoms with E-state index in [2.05, 4.69) is 5.32 Å². The van der Waals surface area contributed by atoms with Crippen LogP contribution in [0.3, 0.4) is 0 Å². The quantitative estimate of drug-likeness (QED) is 0.773. The number of aliphatic hydroxyl groups is 1. The second-order valence-electron chi connectivity index (χ2n) is 4.10. The summed E-state index contributed by atoms with van der Waals surface area (Å²) < 4.78 is 0. The maximum absolute atomic E-state index is 11.5. The van der Waals surface area contributed by atoms with Crippen LogP contribution in [0.2, 0.25) is 10.0 Å². The predicted octanol–water partition coefficient (Wildman–Crippen LogP) is 1.74. The molecule has 0 aliphatic rings. The molecule has 18 heavy (non-hydrogen) atoms. The number of hydrogen-bond acceptors (Lipinski definition) is 3. The Morgan fingerprint density at radius 3 is 2.44 bits per heavy atom. The van der Waals surface area contributed by atoms with E-state index in [1.807, 2.05) is 0 Å². The van der Waals surface area contributed by atoms with Gasteiger partial charge in [-0.05, 0) is 23.8 Å². The highest BCUT2D eigenvalue weighted by Gasteiger charge is 2.14. The number of nitrogens with two attached hydrogens (primary N) is 1. The molecular formula is C12H16Cl2N2O2. The van der Waals surface area contributed by atoms with Gasteiger partial charge in [0.25, 0.3) is 0 Å². The second-order valence-corrected chi connectivity index (χ2v) is 4.97. The Labute approximate surface area is 116 Å². The maximum atomic E-state index is 11.5. The molecule has 1 amide bonds. The third-order valence-electron chi connectivity index (χ3n) is 2.54. The summed E-state index contributed by atoms with van der Waals surface area (Å²) in [4.78, 5) is 11.5. The Bertz CT molecular complexity index is 406. The Kier molecular flexibility index (Phi) is 5.88. The lowest BCUT2D eigenvalue weighted by atomic mass is 10.1. The fourth-order valence-electron chi connectivity index (χ4n) is 1.36. The lowest BCUT2D eigenvalue weighted by Gasteiger charge is -2.15. The van der Waals surface area contributed by atoms with E-state index in [1.165, 1.54) is 0 Å². The molecule has 2 unspecified atom stereocenters. The van der Waals surface area contributed by atoms with Gasteiger partial charge in [0.15, 0.2) is 0 Å². The summed E-state index contributed by atoms with van der Waals surface area (Å²) >= 11 is 11.7. The summed E-state index contributed by atoms with van der Waals surface area (Å²) in [5, 5.41) is 13.4. The van der Waals surface area contributed by atoms with Crippen LogP contribution in [0.15, 0.2) is 18.2 Å². The van der Waals surface area contributed by atoms with Gasteiger partial charge in [-0.3, -0.25) is 4.79 Å². The topological polar surface area (TPSA) is 75.4 Å². The molecule has 0 heterocycles. The Morgan fingerprint density at radius 2 is 1.94 bits per heavy atom. The van der Waals surface area contributed by atoms with Crippen molar-refractivity contribution in [1.29, 1.82) is 0 Å².